The van der Waals surface area contributed by atoms with Crippen molar-refractivity contribution in [1.82, 2.24) is 0 Å². The minimum atomic E-state index is -1.03. The van der Waals surface area contributed by atoms with E-state index in [-0.39, 0.29) is 23.9 Å². The number of aliphatic hydroxyl groups is 1. The van der Waals surface area contributed by atoms with Gasteiger partial charge in [0.1, 0.15) is 11.6 Å². The number of hydrogen-bond acceptors (Lipinski definition) is 3. The van der Waals surface area contributed by atoms with Gasteiger partial charge in [0.15, 0.2) is 0 Å². The number of Topliss-reactive ketones (excluding diaryl/α,β-unsaturated/α-hetero) is 2. The molecule has 2 rings (SSSR count). The molecule has 0 saturated heterocycles. The van der Waals surface area contributed by atoms with Crippen molar-refractivity contribution in [3.63, 3.8) is 0 Å². The van der Waals surface area contributed by atoms with Crippen molar-refractivity contribution < 1.29 is 14.7 Å². The molecule has 0 bridgehead atoms. The Labute approximate surface area is 83.5 Å². The van der Waals surface area contributed by atoms with Gasteiger partial charge in [-0.3, -0.25) is 9.59 Å². The number of fused-ring (bicyclic) bond motifs is 1. The molecular formula is C11H16O3. The van der Waals surface area contributed by atoms with E-state index in [2.05, 4.69) is 0 Å². The van der Waals surface area contributed by atoms with E-state index >= 15 is 0 Å². The van der Waals surface area contributed by atoms with E-state index in [1.54, 1.807) is 0 Å². The van der Waals surface area contributed by atoms with Crippen molar-refractivity contribution in [3.05, 3.63) is 0 Å². The zero-order valence-corrected chi connectivity index (χ0v) is 8.67. The lowest BCUT2D eigenvalue weighted by atomic mass is 9.77. The number of carbonyl (C=O) groups excluding carboxylic acids is 2. The number of hydrogen-bond donors (Lipinski definition) is 1. The fourth-order valence-corrected chi connectivity index (χ4v) is 3.01. The van der Waals surface area contributed by atoms with Gasteiger partial charge < -0.3 is 5.11 Å². The van der Waals surface area contributed by atoms with Gasteiger partial charge in [-0.25, -0.2) is 0 Å². The lowest BCUT2D eigenvalue weighted by molar-refractivity contribution is -0.136. The molecule has 0 aromatic rings. The van der Waals surface area contributed by atoms with E-state index in [1.807, 2.05) is 13.8 Å². The normalized spacial score (nSPS) is 41.2. The van der Waals surface area contributed by atoms with E-state index in [1.165, 1.54) is 0 Å². The smallest absolute Gasteiger partial charge is 0.144 e. The first-order valence-electron chi connectivity index (χ1n) is 5.14. The van der Waals surface area contributed by atoms with Crippen LogP contribution in [0.1, 0.15) is 39.5 Å². The van der Waals surface area contributed by atoms with Crippen LogP contribution >= 0.6 is 0 Å². The third kappa shape index (κ3) is 1.22. The fraction of sp³-hybridized carbons (Fsp3) is 0.818. The lowest BCUT2D eigenvalue weighted by Crippen LogP contribution is -2.41. The highest BCUT2D eigenvalue weighted by Gasteiger charge is 2.57. The molecule has 78 valence electrons. The molecule has 3 heteroatoms. The molecule has 14 heavy (non-hydrogen) atoms. The van der Waals surface area contributed by atoms with Crippen LogP contribution in [0.4, 0.5) is 0 Å². The first-order valence-corrected chi connectivity index (χ1v) is 5.14. The van der Waals surface area contributed by atoms with Crippen molar-refractivity contribution in [3.8, 4) is 0 Å². The van der Waals surface area contributed by atoms with Crippen molar-refractivity contribution in [2.75, 3.05) is 0 Å². The molecule has 0 heterocycles. The van der Waals surface area contributed by atoms with Gasteiger partial charge in [0.25, 0.3) is 0 Å². The summed E-state index contributed by atoms with van der Waals surface area (Å²) in [7, 11) is 0. The number of carbonyl (C=O) groups is 2. The van der Waals surface area contributed by atoms with Crippen molar-refractivity contribution >= 4 is 11.6 Å². The van der Waals surface area contributed by atoms with Gasteiger partial charge in [-0.1, -0.05) is 13.8 Å². The van der Waals surface area contributed by atoms with Crippen LogP contribution in [0.25, 0.3) is 0 Å². The minimum Gasteiger partial charge on any atom is -0.389 e. The molecule has 0 aromatic carbocycles. The summed E-state index contributed by atoms with van der Waals surface area (Å²) < 4.78 is 0. The molecule has 2 aliphatic rings. The third-order valence-electron chi connectivity index (χ3n) is 3.60. The Morgan fingerprint density at radius 1 is 1.36 bits per heavy atom. The third-order valence-corrected chi connectivity index (χ3v) is 3.60. The zero-order chi connectivity index (χ0) is 10.6. The average molecular weight is 196 g/mol. The van der Waals surface area contributed by atoms with Gasteiger partial charge in [-0.2, -0.15) is 0 Å². The van der Waals surface area contributed by atoms with Crippen molar-refractivity contribution in [2.24, 2.45) is 11.3 Å². The van der Waals surface area contributed by atoms with Crippen molar-refractivity contribution in [1.29, 1.82) is 0 Å². The van der Waals surface area contributed by atoms with Crippen LogP contribution in [0.3, 0.4) is 0 Å². The Morgan fingerprint density at radius 3 is 2.64 bits per heavy atom. The van der Waals surface area contributed by atoms with Crippen LogP contribution in [-0.2, 0) is 9.59 Å². The molecule has 1 N–H and O–H groups in total. The van der Waals surface area contributed by atoms with Crippen LogP contribution in [0.15, 0.2) is 0 Å². The van der Waals surface area contributed by atoms with Crippen LogP contribution in [0.2, 0.25) is 0 Å². The summed E-state index contributed by atoms with van der Waals surface area (Å²) in [6.45, 7) is 3.71. The Morgan fingerprint density at radius 2 is 2.00 bits per heavy atom. The number of ketones is 2. The Kier molecular flexibility index (Phi) is 1.87. The van der Waals surface area contributed by atoms with E-state index < -0.39 is 11.0 Å². The first-order chi connectivity index (χ1) is 6.35. The topological polar surface area (TPSA) is 54.4 Å². The maximum atomic E-state index is 11.9. The average Bonchev–Trinajstić information content (AvgIpc) is 2.17. The molecule has 2 fully saturated rings. The molecule has 2 atom stereocenters. The van der Waals surface area contributed by atoms with Gasteiger partial charge in [-0.15, -0.1) is 0 Å². The van der Waals surface area contributed by atoms with Gasteiger partial charge in [0.05, 0.1) is 5.60 Å². The summed E-state index contributed by atoms with van der Waals surface area (Å²) in [4.78, 5) is 23.2. The van der Waals surface area contributed by atoms with Gasteiger partial charge >= 0.3 is 0 Å². The Hall–Kier alpha value is -0.700. The molecule has 0 spiro atoms. The van der Waals surface area contributed by atoms with Crippen LogP contribution < -0.4 is 0 Å². The second kappa shape index (κ2) is 2.66. The molecule has 3 nitrogen and oxygen atoms in total. The predicted octanol–water partition coefficient (Wildman–Crippen LogP) is 1.09. The Bertz CT molecular complexity index is 306. The molecule has 0 aromatic heterocycles. The molecule has 0 amide bonds. The van der Waals surface area contributed by atoms with Gasteiger partial charge in [0.2, 0.25) is 0 Å². The molecule has 2 saturated carbocycles. The summed E-state index contributed by atoms with van der Waals surface area (Å²) in [5.74, 6) is -0.0723. The quantitative estimate of drug-likeness (QED) is 0.631. The maximum Gasteiger partial charge on any atom is 0.144 e. The van der Waals surface area contributed by atoms with Crippen LogP contribution in [-0.4, -0.2) is 22.3 Å². The minimum absolute atomic E-state index is 0.0919. The highest BCUT2D eigenvalue weighted by Crippen LogP contribution is 2.50. The summed E-state index contributed by atoms with van der Waals surface area (Å²) in [6, 6.07) is 0. The fourth-order valence-electron chi connectivity index (χ4n) is 3.01. The highest BCUT2D eigenvalue weighted by molar-refractivity contribution is 5.93. The number of rotatable bonds is 0. The molecule has 0 unspecified atom stereocenters. The summed E-state index contributed by atoms with van der Waals surface area (Å²) >= 11 is 0. The summed E-state index contributed by atoms with van der Waals surface area (Å²) in [6.07, 6.45) is 1.61. The van der Waals surface area contributed by atoms with E-state index in [9.17, 15) is 14.7 Å². The van der Waals surface area contributed by atoms with Gasteiger partial charge in [0, 0.05) is 24.2 Å². The maximum absolute atomic E-state index is 11.9. The predicted molar refractivity (Wildman–Crippen MR) is 50.7 cm³/mol. The Balaban J connectivity index is 2.33. The first kappa shape index (κ1) is 9.84. The van der Waals surface area contributed by atoms with Crippen LogP contribution in [0, 0.1) is 11.3 Å². The molecular weight excluding hydrogens is 180 g/mol. The van der Waals surface area contributed by atoms with E-state index in [0.717, 1.165) is 0 Å². The highest BCUT2D eigenvalue weighted by atomic mass is 16.3. The summed E-state index contributed by atoms with van der Waals surface area (Å²) in [5.41, 5.74) is -1.49. The standard InChI is InChI=1S/C11H16O3/c1-10(2)6-11(14)5-7(12)3-4-8(11)9(10)13/h8,14H,3-6H2,1-2H3/t8-,11-/m1/s1. The molecule has 2 aliphatic carbocycles. The SMILES string of the molecule is CC1(C)C[C@]2(O)CC(=O)CC[C@@H]2C1=O. The lowest BCUT2D eigenvalue weighted by Gasteiger charge is -2.32. The van der Waals surface area contributed by atoms with Crippen molar-refractivity contribution in [2.45, 2.75) is 45.1 Å². The molecule has 0 radical (unpaired) electrons. The second-order valence-corrected chi connectivity index (χ2v) is 5.34. The molecule has 0 aliphatic heterocycles. The van der Waals surface area contributed by atoms with E-state index in [0.29, 0.717) is 19.3 Å². The second-order valence-electron chi connectivity index (χ2n) is 5.34. The van der Waals surface area contributed by atoms with Gasteiger partial charge in [-0.05, 0) is 12.8 Å². The largest absolute Gasteiger partial charge is 0.389 e. The van der Waals surface area contributed by atoms with E-state index in [4.69, 9.17) is 0 Å². The monoisotopic (exact) mass is 196 g/mol. The zero-order valence-electron chi connectivity index (χ0n) is 8.67. The van der Waals surface area contributed by atoms with Crippen LogP contribution in [0.5, 0.6) is 0 Å². The summed E-state index contributed by atoms with van der Waals surface area (Å²) in [5, 5.41) is 10.2.